The summed E-state index contributed by atoms with van der Waals surface area (Å²) in [6.45, 7) is 5.83. The Hall–Kier alpha value is -2.06. The molecule has 1 fully saturated rings. The first-order valence-electron chi connectivity index (χ1n) is 9.37. The monoisotopic (exact) mass is 463 g/mol. The average molecular weight is 464 g/mol. The third kappa shape index (κ3) is 6.47. The van der Waals surface area contributed by atoms with Crippen molar-refractivity contribution in [1.82, 2.24) is 5.32 Å². The zero-order valence-corrected chi connectivity index (χ0v) is 19.1. The highest BCUT2D eigenvalue weighted by Gasteiger charge is 2.22. The van der Waals surface area contributed by atoms with E-state index in [9.17, 15) is 4.79 Å². The van der Waals surface area contributed by atoms with Gasteiger partial charge in [0, 0.05) is 10.6 Å². The predicted octanol–water partition coefficient (Wildman–Crippen LogP) is 4.92. The molecule has 1 aliphatic heterocycles. The molecule has 0 unspecified atom stereocenters. The molecule has 2 aromatic carbocycles. The van der Waals surface area contributed by atoms with Crippen molar-refractivity contribution in [3.63, 3.8) is 0 Å². The number of aryl methyl sites for hydroxylation is 2. The Labute approximate surface area is 190 Å². The Kier molecular flexibility index (Phi) is 8.16. The summed E-state index contributed by atoms with van der Waals surface area (Å²) in [5.74, 6) is 1.24. The number of amides is 1. The van der Waals surface area contributed by atoms with Gasteiger partial charge in [0.25, 0.3) is 5.91 Å². The molecule has 3 rings (SSSR count). The van der Waals surface area contributed by atoms with Gasteiger partial charge in [-0.15, -0.1) is 0 Å². The van der Waals surface area contributed by atoms with Crippen LogP contribution in [-0.2, 0) is 9.53 Å². The van der Waals surface area contributed by atoms with Gasteiger partial charge >= 0.3 is 0 Å². The SMILES string of the molecule is Cc1ccc(OCCOCCOc2ccc(Cl)cc2/C=C2\SC(=S)NC2=O)cc1C. The van der Waals surface area contributed by atoms with E-state index in [-0.39, 0.29) is 5.91 Å². The maximum atomic E-state index is 11.9. The molecular weight excluding hydrogens is 442 g/mol. The van der Waals surface area contributed by atoms with E-state index in [1.807, 2.05) is 18.2 Å². The van der Waals surface area contributed by atoms with E-state index in [2.05, 4.69) is 19.2 Å². The highest BCUT2D eigenvalue weighted by Crippen LogP contribution is 2.31. The lowest BCUT2D eigenvalue weighted by Gasteiger charge is -2.11. The molecule has 1 saturated heterocycles. The molecule has 0 spiro atoms. The molecule has 5 nitrogen and oxygen atoms in total. The maximum absolute atomic E-state index is 11.9. The van der Waals surface area contributed by atoms with Gasteiger partial charge in [-0.1, -0.05) is 41.6 Å². The lowest BCUT2D eigenvalue weighted by molar-refractivity contribution is -0.115. The normalized spacial score (nSPS) is 14.8. The molecule has 158 valence electrons. The van der Waals surface area contributed by atoms with Crippen LogP contribution in [0, 0.1) is 13.8 Å². The Morgan fingerprint density at radius 1 is 1.03 bits per heavy atom. The van der Waals surface area contributed by atoms with Crippen LogP contribution in [-0.4, -0.2) is 36.7 Å². The third-order valence-corrected chi connectivity index (χ3v) is 5.76. The van der Waals surface area contributed by atoms with Gasteiger partial charge in [0.2, 0.25) is 0 Å². The fourth-order valence-corrected chi connectivity index (χ4v) is 3.88. The number of nitrogens with one attached hydrogen (secondary N) is 1. The van der Waals surface area contributed by atoms with Gasteiger partial charge in [0.05, 0.1) is 18.1 Å². The molecule has 0 aromatic heterocycles. The average Bonchev–Trinajstić information content (AvgIpc) is 3.02. The molecule has 1 N–H and O–H groups in total. The number of ether oxygens (including phenoxy) is 3. The molecule has 1 heterocycles. The van der Waals surface area contributed by atoms with E-state index in [0.717, 1.165) is 5.75 Å². The smallest absolute Gasteiger partial charge is 0.263 e. The topological polar surface area (TPSA) is 56.8 Å². The minimum atomic E-state index is -0.219. The van der Waals surface area contributed by atoms with Crippen LogP contribution in [0.1, 0.15) is 16.7 Å². The van der Waals surface area contributed by atoms with Gasteiger partial charge in [0.1, 0.15) is 29.0 Å². The summed E-state index contributed by atoms with van der Waals surface area (Å²) >= 11 is 12.3. The number of thiocarbonyl (C=S) groups is 1. The summed E-state index contributed by atoms with van der Waals surface area (Å²) < 4.78 is 17.5. The van der Waals surface area contributed by atoms with Crippen LogP contribution in [0.2, 0.25) is 5.02 Å². The molecule has 8 heteroatoms. The second kappa shape index (κ2) is 10.8. The molecule has 0 bridgehead atoms. The van der Waals surface area contributed by atoms with E-state index in [1.165, 1.54) is 22.9 Å². The number of carbonyl (C=O) groups excluding carboxylic acids is 1. The van der Waals surface area contributed by atoms with Crippen molar-refractivity contribution < 1.29 is 19.0 Å². The van der Waals surface area contributed by atoms with Crippen molar-refractivity contribution in [2.45, 2.75) is 13.8 Å². The van der Waals surface area contributed by atoms with E-state index >= 15 is 0 Å². The first-order valence-corrected chi connectivity index (χ1v) is 11.0. The molecule has 0 saturated carbocycles. The predicted molar refractivity (Wildman–Crippen MR) is 125 cm³/mol. The van der Waals surface area contributed by atoms with Crippen LogP contribution in [0.3, 0.4) is 0 Å². The lowest BCUT2D eigenvalue weighted by atomic mass is 10.1. The van der Waals surface area contributed by atoms with Crippen LogP contribution in [0.25, 0.3) is 6.08 Å². The van der Waals surface area contributed by atoms with Crippen LogP contribution in [0.15, 0.2) is 41.3 Å². The molecular formula is C22H22ClNO4S2. The second-order valence-corrected chi connectivity index (χ2v) is 8.75. The number of carbonyl (C=O) groups is 1. The summed E-state index contributed by atoms with van der Waals surface area (Å²) in [6, 6.07) is 11.3. The second-order valence-electron chi connectivity index (χ2n) is 6.59. The van der Waals surface area contributed by atoms with Crippen molar-refractivity contribution in [2.75, 3.05) is 26.4 Å². The summed E-state index contributed by atoms with van der Waals surface area (Å²) in [6.07, 6.45) is 1.72. The molecule has 30 heavy (non-hydrogen) atoms. The molecule has 2 aromatic rings. The number of hydrogen-bond acceptors (Lipinski definition) is 6. The molecule has 0 atom stereocenters. The van der Waals surface area contributed by atoms with Gasteiger partial charge in [-0.05, 0) is 61.4 Å². The minimum absolute atomic E-state index is 0.219. The van der Waals surface area contributed by atoms with E-state index in [0.29, 0.717) is 52.0 Å². The summed E-state index contributed by atoms with van der Waals surface area (Å²) in [4.78, 5) is 12.4. The Morgan fingerprint density at radius 2 is 1.80 bits per heavy atom. The van der Waals surface area contributed by atoms with Gasteiger partial charge in [-0.25, -0.2) is 0 Å². The summed E-state index contributed by atoms with van der Waals surface area (Å²) in [5, 5.41) is 3.15. The van der Waals surface area contributed by atoms with Gasteiger partial charge in [0.15, 0.2) is 0 Å². The van der Waals surface area contributed by atoms with Crippen molar-refractivity contribution in [2.24, 2.45) is 0 Å². The standard InChI is InChI=1S/C22H22ClNO4S2/c1-14-3-5-18(11-15(14)2)27-9-7-26-8-10-28-19-6-4-17(23)12-16(19)13-20-21(25)24-22(29)30-20/h3-6,11-13H,7-10H2,1-2H3,(H,24,25,29)/b20-13-. The van der Waals surface area contributed by atoms with Crippen molar-refractivity contribution in [1.29, 1.82) is 0 Å². The van der Waals surface area contributed by atoms with Crippen molar-refractivity contribution in [3.05, 3.63) is 63.0 Å². The molecule has 1 amide bonds. The highest BCUT2D eigenvalue weighted by atomic mass is 35.5. The third-order valence-electron chi connectivity index (χ3n) is 4.36. The highest BCUT2D eigenvalue weighted by molar-refractivity contribution is 8.26. The largest absolute Gasteiger partial charge is 0.491 e. The van der Waals surface area contributed by atoms with Gasteiger partial charge < -0.3 is 19.5 Å². The van der Waals surface area contributed by atoms with E-state index in [1.54, 1.807) is 24.3 Å². The first kappa shape index (κ1) is 22.6. The molecule has 0 radical (unpaired) electrons. The zero-order chi connectivity index (χ0) is 21.5. The maximum Gasteiger partial charge on any atom is 0.263 e. The number of rotatable bonds is 9. The number of hydrogen-bond donors (Lipinski definition) is 1. The van der Waals surface area contributed by atoms with Crippen LogP contribution in [0.4, 0.5) is 0 Å². The van der Waals surface area contributed by atoms with Crippen LogP contribution < -0.4 is 14.8 Å². The van der Waals surface area contributed by atoms with E-state index in [4.69, 9.17) is 38.0 Å². The Balaban J connectivity index is 1.45. The lowest BCUT2D eigenvalue weighted by Crippen LogP contribution is -2.17. The fraction of sp³-hybridized carbons (Fsp3) is 0.273. The van der Waals surface area contributed by atoms with E-state index < -0.39 is 0 Å². The van der Waals surface area contributed by atoms with Gasteiger partial charge in [-0.2, -0.15) is 0 Å². The quantitative estimate of drug-likeness (QED) is 0.323. The van der Waals surface area contributed by atoms with Gasteiger partial charge in [-0.3, -0.25) is 4.79 Å². The fourth-order valence-electron chi connectivity index (χ4n) is 2.66. The van der Waals surface area contributed by atoms with Crippen LogP contribution >= 0.6 is 35.6 Å². The molecule has 0 aliphatic carbocycles. The number of halogens is 1. The van der Waals surface area contributed by atoms with Crippen molar-refractivity contribution in [3.8, 4) is 11.5 Å². The summed E-state index contributed by atoms with van der Waals surface area (Å²) in [5.41, 5.74) is 3.15. The Morgan fingerprint density at radius 3 is 2.50 bits per heavy atom. The number of benzene rings is 2. The molecule has 1 aliphatic rings. The summed E-state index contributed by atoms with van der Waals surface area (Å²) in [7, 11) is 0. The van der Waals surface area contributed by atoms with Crippen LogP contribution in [0.5, 0.6) is 11.5 Å². The first-order chi connectivity index (χ1) is 14.4. The zero-order valence-electron chi connectivity index (χ0n) is 16.7. The Bertz CT molecular complexity index is 978. The minimum Gasteiger partial charge on any atom is -0.491 e. The number of thioether (sulfide) groups is 1. The van der Waals surface area contributed by atoms with Crippen molar-refractivity contribution >= 4 is 51.9 Å².